The number of pyridine rings is 1. The molecule has 0 amide bonds. The summed E-state index contributed by atoms with van der Waals surface area (Å²) >= 11 is 1.66. The summed E-state index contributed by atoms with van der Waals surface area (Å²) in [5, 5.41) is 2.04. The van der Waals surface area contributed by atoms with Gasteiger partial charge in [0.15, 0.2) is 0 Å². The lowest BCUT2D eigenvalue weighted by atomic mass is 10.1. The van der Waals surface area contributed by atoms with E-state index in [9.17, 15) is 0 Å². The van der Waals surface area contributed by atoms with Gasteiger partial charge in [-0.1, -0.05) is 48.5 Å². The van der Waals surface area contributed by atoms with E-state index in [4.69, 9.17) is 0 Å². The predicted octanol–water partition coefficient (Wildman–Crippen LogP) is 5.96. The molecule has 0 unspecified atom stereocenters. The van der Waals surface area contributed by atoms with Crippen molar-refractivity contribution in [1.82, 2.24) is 4.98 Å². The molecule has 0 aliphatic heterocycles. The van der Waals surface area contributed by atoms with Crippen LogP contribution in [-0.2, 0) is 0 Å². The first-order chi connectivity index (χ1) is 11.8. The van der Waals surface area contributed by atoms with Gasteiger partial charge in [-0.2, -0.15) is 0 Å². The molecule has 0 spiro atoms. The van der Waals surface area contributed by atoms with Crippen molar-refractivity contribution >= 4 is 29.3 Å². The third-order valence-electron chi connectivity index (χ3n) is 3.72. The van der Waals surface area contributed by atoms with Crippen LogP contribution in [-0.4, -0.2) is 11.7 Å². The van der Waals surface area contributed by atoms with Crippen LogP contribution in [0, 0.1) is 0 Å². The maximum absolute atomic E-state index is 4.57. The third-order valence-corrected chi connectivity index (χ3v) is 4.62. The van der Waals surface area contributed by atoms with E-state index in [1.54, 1.807) is 11.3 Å². The van der Waals surface area contributed by atoms with Crippen LogP contribution in [0.5, 0.6) is 0 Å². The number of nitrogens with zero attached hydrogens (tertiary/aromatic N) is 2. The molecular weight excluding hydrogens is 312 g/mol. The van der Waals surface area contributed by atoms with Crippen LogP contribution >= 0.6 is 11.3 Å². The van der Waals surface area contributed by atoms with Gasteiger partial charge in [0.25, 0.3) is 0 Å². The highest BCUT2D eigenvalue weighted by Crippen LogP contribution is 2.23. The van der Waals surface area contributed by atoms with E-state index in [1.807, 2.05) is 48.0 Å². The molecule has 0 radical (unpaired) electrons. The summed E-state index contributed by atoms with van der Waals surface area (Å²) < 4.78 is 0. The first-order valence-corrected chi connectivity index (χ1v) is 8.57. The summed E-state index contributed by atoms with van der Waals surface area (Å²) in [7, 11) is 0. The molecule has 0 aliphatic rings. The van der Waals surface area contributed by atoms with Crippen LogP contribution in [0.15, 0.2) is 83.3 Å². The number of aromatic nitrogens is 1. The van der Waals surface area contributed by atoms with Crippen molar-refractivity contribution < 1.29 is 0 Å². The zero-order chi connectivity index (χ0) is 16.8. The lowest BCUT2D eigenvalue weighted by molar-refractivity contribution is 1.30. The topological polar surface area (TPSA) is 25.2 Å². The molecule has 2 heterocycles. The lowest BCUT2D eigenvalue weighted by Crippen LogP contribution is -1.86. The summed E-state index contributed by atoms with van der Waals surface area (Å²) in [6, 6.07) is 18.4. The number of allylic oxidation sites excluding steroid dienone is 3. The first-order valence-electron chi connectivity index (χ1n) is 7.69. The third kappa shape index (κ3) is 3.76. The van der Waals surface area contributed by atoms with E-state index in [2.05, 4.69) is 54.0 Å². The second kappa shape index (κ2) is 7.66. The normalized spacial score (nSPS) is 12.2. The molecule has 2 aromatic heterocycles. The Morgan fingerprint density at radius 1 is 1.04 bits per heavy atom. The maximum Gasteiger partial charge on any atom is 0.0794 e. The number of thiophene rings is 1. The average Bonchev–Trinajstić information content (AvgIpc) is 3.17. The number of aliphatic imine (C=N–C) groups is 1. The van der Waals surface area contributed by atoms with Crippen molar-refractivity contribution in [2.24, 2.45) is 4.99 Å². The second-order valence-corrected chi connectivity index (χ2v) is 6.28. The summed E-state index contributed by atoms with van der Waals surface area (Å²) in [6.45, 7) is 5.73. The summed E-state index contributed by atoms with van der Waals surface area (Å²) in [6.07, 6.45) is 5.97. The lowest BCUT2D eigenvalue weighted by Gasteiger charge is -2.04. The van der Waals surface area contributed by atoms with E-state index >= 15 is 0 Å². The van der Waals surface area contributed by atoms with Gasteiger partial charge in [-0.3, -0.25) is 9.98 Å². The van der Waals surface area contributed by atoms with Crippen LogP contribution in [0.4, 0.5) is 0 Å². The summed E-state index contributed by atoms with van der Waals surface area (Å²) in [4.78, 5) is 9.80. The van der Waals surface area contributed by atoms with Gasteiger partial charge in [-0.25, -0.2) is 0 Å². The van der Waals surface area contributed by atoms with E-state index < -0.39 is 0 Å². The minimum atomic E-state index is 0.887. The van der Waals surface area contributed by atoms with Gasteiger partial charge in [0.05, 0.1) is 16.3 Å². The monoisotopic (exact) mass is 330 g/mol. The highest BCUT2D eigenvalue weighted by atomic mass is 32.1. The molecular formula is C21H18N2S. The van der Waals surface area contributed by atoms with Crippen LogP contribution in [0.1, 0.15) is 17.4 Å². The average molecular weight is 330 g/mol. The van der Waals surface area contributed by atoms with Crippen molar-refractivity contribution in [3.05, 3.63) is 88.8 Å². The van der Waals surface area contributed by atoms with Crippen molar-refractivity contribution in [1.29, 1.82) is 0 Å². The number of hydrogen-bond donors (Lipinski definition) is 0. The van der Waals surface area contributed by atoms with Gasteiger partial charge in [0.1, 0.15) is 0 Å². The van der Waals surface area contributed by atoms with Crippen LogP contribution < -0.4 is 0 Å². The molecule has 0 bridgehead atoms. The largest absolute Gasteiger partial charge is 0.263 e. The summed E-state index contributed by atoms with van der Waals surface area (Å²) in [5.41, 5.74) is 5.23. The Morgan fingerprint density at radius 3 is 2.50 bits per heavy atom. The standard InChI is InChI=1S/C21H18N2S/c1-16(10-12-20(22-2)21-9-6-14-24-21)18-11-13-19(23-15-18)17-7-4-3-5-8-17/h3-15H,2H2,1H3/b16-10+,20-12-. The van der Waals surface area contributed by atoms with Crippen LogP contribution in [0.2, 0.25) is 0 Å². The van der Waals surface area contributed by atoms with Crippen molar-refractivity contribution in [3.63, 3.8) is 0 Å². The van der Waals surface area contributed by atoms with E-state index in [1.165, 1.54) is 0 Å². The van der Waals surface area contributed by atoms with Gasteiger partial charge in [0.2, 0.25) is 0 Å². The molecule has 24 heavy (non-hydrogen) atoms. The molecule has 3 heteroatoms. The number of rotatable bonds is 5. The van der Waals surface area contributed by atoms with Gasteiger partial charge >= 0.3 is 0 Å². The summed E-state index contributed by atoms with van der Waals surface area (Å²) in [5.74, 6) is 0. The molecule has 1 aromatic carbocycles. The molecule has 3 rings (SSSR count). The fourth-order valence-electron chi connectivity index (χ4n) is 2.34. The minimum Gasteiger partial charge on any atom is -0.263 e. The molecule has 0 saturated carbocycles. The number of hydrogen-bond acceptors (Lipinski definition) is 3. The minimum absolute atomic E-state index is 0.887. The molecule has 2 nitrogen and oxygen atoms in total. The Balaban J connectivity index is 1.82. The molecule has 0 fully saturated rings. The molecule has 118 valence electrons. The zero-order valence-electron chi connectivity index (χ0n) is 13.5. The number of benzene rings is 1. The van der Waals surface area contributed by atoms with Crippen molar-refractivity contribution in [2.75, 3.05) is 0 Å². The fourth-order valence-corrected chi connectivity index (χ4v) is 3.06. The van der Waals surface area contributed by atoms with Crippen LogP contribution in [0.3, 0.4) is 0 Å². The van der Waals surface area contributed by atoms with Crippen molar-refractivity contribution in [3.8, 4) is 11.3 Å². The van der Waals surface area contributed by atoms with E-state index in [0.717, 1.165) is 33.0 Å². The van der Waals surface area contributed by atoms with Gasteiger partial charge in [-0.15, -0.1) is 11.3 Å². The molecule has 3 aromatic rings. The molecule has 0 atom stereocenters. The molecule has 0 saturated heterocycles. The Kier molecular flexibility index (Phi) is 5.14. The fraction of sp³-hybridized carbons (Fsp3) is 0.0476. The van der Waals surface area contributed by atoms with Crippen LogP contribution in [0.25, 0.3) is 22.5 Å². The quantitative estimate of drug-likeness (QED) is 0.419. The van der Waals surface area contributed by atoms with Crippen molar-refractivity contribution in [2.45, 2.75) is 6.92 Å². The predicted molar refractivity (Wildman–Crippen MR) is 105 cm³/mol. The van der Waals surface area contributed by atoms with Gasteiger partial charge in [-0.05, 0) is 48.4 Å². The Hall–Kier alpha value is -2.78. The molecule has 0 aliphatic carbocycles. The highest BCUT2D eigenvalue weighted by molar-refractivity contribution is 7.11. The highest BCUT2D eigenvalue weighted by Gasteiger charge is 2.01. The Morgan fingerprint density at radius 2 is 1.88 bits per heavy atom. The van der Waals surface area contributed by atoms with E-state index in [0.29, 0.717) is 0 Å². The van der Waals surface area contributed by atoms with Gasteiger partial charge < -0.3 is 0 Å². The maximum atomic E-state index is 4.57. The first kappa shape index (κ1) is 16.1. The molecule has 0 N–H and O–H groups in total. The Bertz CT molecular complexity index is 858. The second-order valence-electron chi connectivity index (χ2n) is 5.34. The SMILES string of the molecule is C=N/C(=C\C=C(/C)c1ccc(-c2ccccc2)nc1)c1cccs1. The smallest absolute Gasteiger partial charge is 0.0794 e. The Labute approximate surface area is 146 Å². The van der Waals surface area contributed by atoms with E-state index in [-0.39, 0.29) is 0 Å². The zero-order valence-corrected chi connectivity index (χ0v) is 14.3. The van der Waals surface area contributed by atoms with Gasteiger partial charge in [0, 0.05) is 11.8 Å².